The number of carbonyl (C=O) groups is 2. The normalized spacial score (nSPS) is 24.1. The van der Waals surface area contributed by atoms with Crippen molar-refractivity contribution in [3.05, 3.63) is 0 Å². The molecule has 0 saturated carbocycles. The molecule has 0 radical (unpaired) electrons. The third-order valence-electron chi connectivity index (χ3n) is 9.15. The number of methoxy groups -OCH3 is 2. The molecule has 45 heavy (non-hydrogen) atoms. The number of rotatable bonds is 26. The van der Waals surface area contributed by atoms with Crippen molar-refractivity contribution in [2.75, 3.05) is 14.2 Å². The maximum Gasteiger partial charge on any atom is 0.305 e. The Morgan fingerprint density at radius 3 is 1.44 bits per heavy atom. The summed E-state index contributed by atoms with van der Waals surface area (Å²) in [5.74, 6) is 6.33. The molecule has 3 aliphatic heterocycles. The molecule has 0 bridgehead atoms. The van der Waals surface area contributed by atoms with Gasteiger partial charge in [0.25, 0.3) is 0 Å². The molecule has 0 aromatic rings. The van der Waals surface area contributed by atoms with E-state index in [-0.39, 0.29) is 11.9 Å². The monoisotopic (exact) mass is 634 g/mol. The van der Waals surface area contributed by atoms with Gasteiger partial charge >= 0.3 is 11.9 Å². The van der Waals surface area contributed by atoms with Gasteiger partial charge in [-0.2, -0.15) is 0 Å². The molecule has 6 unspecified atom stereocenters. The summed E-state index contributed by atoms with van der Waals surface area (Å²) in [7, 11) is 2.90. The maximum absolute atomic E-state index is 11.0. The third kappa shape index (κ3) is 21.0. The molecule has 3 fully saturated rings. The summed E-state index contributed by atoms with van der Waals surface area (Å²) in [6.45, 7) is 4.48. The molecule has 0 aromatic carbocycles. The van der Waals surface area contributed by atoms with Crippen molar-refractivity contribution in [1.29, 1.82) is 0 Å². The molecule has 0 amide bonds. The number of hydrogen-bond acceptors (Lipinski definition) is 7. The Morgan fingerprint density at radius 2 is 0.933 bits per heavy atom. The van der Waals surface area contributed by atoms with Crippen LogP contribution in [-0.4, -0.2) is 62.8 Å². The van der Waals surface area contributed by atoms with Gasteiger partial charge in [0.2, 0.25) is 0 Å². The van der Waals surface area contributed by atoms with E-state index in [0.717, 1.165) is 51.4 Å². The average molecular weight is 635 g/mol. The lowest BCUT2D eigenvalue weighted by Gasteiger charge is -2.00. The highest BCUT2D eigenvalue weighted by Crippen LogP contribution is 2.39. The highest BCUT2D eigenvalue weighted by molar-refractivity contribution is 5.69. The Bertz CT molecular complexity index is 834. The fourth-order valence-electron chi connectivity index (χ4n) is 5.94. The second kappa shape index (κ2) is 25.5. The molecule has 0 N–H and O–H groups in total. The zero-order chi connectivity index (χ0) is 32.5. The Hall–Kier alpha value is -1.62. The molecular formula is C38H66O7. The topological polar surface area (TPSA) is 90.2 Å². The number of ether oxygens (including phenoxy) is 5. The van der Waals surface area contributed by atoms with Gasteiger partial charge < -0.3 is 23.7 Å². The first-order chi connectivity index (χ1) is 22.0. The summed E-state index contributed by atoms with van der Waals surface area (Å²) < 4.78 is 26.4. The van der Waals surface area contributed by atoms with E-state index in [2.05, 4.69) is 35.2 Å². The van der Waals surface area contributed by atoms with E-state index in [9.17, 15) is 9.59 Å². The zero-order valence-electron chi connectivity index (χ0n) is 29.3. The summed E-state index contributed by atoms with van der Waals surface area (Å²) in [6, 6.07) is 0. The lowest BCUT2D eigenvalue weighted by Crippen LogP contribution is -2.02. The molecule has 260 valence electrons. The van der Waals surface area contributed by atoms with Crippen LogP contribution in [0.4, 0.5) is 0 Å². The van der Waals surface area contributed by atoms with Crippen molar-refractivity contribution in [2.24, 2.45) is 0 Å². The average Bonchev–Trinajstić information content (AvgIpc) is 3.98. The van der Waals surface area contributed by atoms with Crippen LogP contribution in [0, 0.1) is 11.8 Å². The van der Waals surface area contributed by atoms with Gasteiger partial charge in [0.05, 0.1) is 50.8 Å². The standard InChI is InChI=1S/C19H34O4.C19H32O3/c1-3-4-8-11-15-17(22-15)14-18-16(23-18)12-9-6-5-7-10-13-19(20)21-2;1-3-4-11-14-17-18(22-17)15-12-9-7-5-6-8-10-13-16-19(20)21-2/h15-18H,3-14H2,1-2H3;17-18H,3-8,10-11,13-16H2,1-2H3. The summed E-state index contributed by atoms with van der Waals surface area (Å²) in [5, 5.41) is 0. The Balaban J connectivity index is 0.000000314. The van der Waals surface area contributed by atoms with Crippen molar-refractivity contribution in [1.82, 2.24) is 0 Å². The smallest absolute Gasteiger partial charge is 0.305 e. The zero-order valence-corrected chi connectivity index (χ0v) is 29.3. The molecule has 7 nitrogen and oxygen atoms in total. The van der Waals surface area contributed by atoms with Crippen molar-refractivity contribution in [2.45, 2.75) is 205 Å². The molecular weight excluding hydrogens is 568 g/mol. The van der Waals surface area contributed by atoms with E-state index < -0.39 is 0 Å². The van der Waals surface area contributed by atoms with Crippen LogP contribution in [0.15, 0.2) is 0 Å². The predicted molar refractivity (Wildman–Crippen MR) is 180 cm³/mol. The van der Waals surface area contributed by atoms with Crippen LogP contribution in [0.2, 0.25) is 0 Å². The number of hydrogen-bond donors (Lipinski definition) is 0. The molecule has 6 atom stereocenters. The fraction of sp³-hybridized carbons (Fsp3) is 0.895. The third-order valence-corrected chi connectivity index (χ3v) is 9.15. The van der Waals surface area contributed by atoms with Gasteiger partial charge in [0.1, 0.15) is 0 Å². The second-order valence-electron chi connectivity index (χ2n) is 13.2. The molecule has 0 aromatic heterocycles. The molecule has 3 rings (SSSR count). The highest BCUT2D eigenvalue weighted by Gasteiger charge is 2.47. The van der Waals surface area contributed by atoms with Crippen LogP contribution in [0.5, 0.6) is 0 Å². The second-order valence-corrected chi connectivity index (χ2v) is 13.2. The Labute approximate surface area is 275 Å². The summed E-state index contributed by atoms with van der Waals surface area (Å²) in [5.41, 5.74) is 0. The molecule has 3 aliphatic rings. The predicted octanol–water partition coefficient (Wildman–Crippen LogP) is 9.03. The van der Waals surface area contributed by atoms with Gasteiger partial charge in [-0.3, -0.25) is 9.59 Å². The highest BCUT2D eigenvalue weighted by atomic mass is 16.6. The van der Waals surface area contributed by atoms with Gasteiger partial charge in [-0.05, 0) is 38.5 Å². The van der Waals surface area contributed by atoms with Crippen LogP contribution >= 0.6 is 0 Å². The fourth-order valence-corrected chi connectivity index (χ4v) is 5.94. The minimum Gasteiger partial charge on any atom is -0.469 e. The van der Waals surface area contributed by atoms with Crippen LogP contribution in [-0.2, 0) is 33.3 Å². The number of epoxide rings is 3. The van der Waals surface area contributed by atoms with E-state index in [1.165, 1.54) is 104 Å². The molecule has 7 heteroatoms. The van der Waals surface area contributed by atoms with Crippen LogP contribution in [0.25, 0.3) is 0 Å². The summed E-state index contributed by atoms with van der Waals surface area (Å²) in [4.78, 5) is 21.9. The first kappa shape index (κ1) is 39.6. The number of carbonyl (C=O) groups excluding carboxylic acids is 2. The quantitative estimate of drug-likeness (QED) is 0.0406. The van der Waals surface area contributed by atoms with Crippen LogP contribution in [0.3, 0.4) is 0 Å². The van der Waals surface area contributed by atoms with Crippen molar-refractivity contribution >= 4 is 11.9 Å². The molecule has 3 heterocycles. The Kier molecular flexibility index (Phi) is 22.4. The first-order valence-electron chi connectivity index (χ1n) is 18.6. The van der Waals surface area contributed by atoms with Gasteiger partial charge in [0, 0.05) is 32.1 Å². The van der Waals surface area contributed by atoms with Crippen molar-refractivity contribution in [3.63, 3.8) is 0 Å². The van der Waals surface area contributed by atoms with E-state index >= 15 is 0 Å². The minimum atomic E-state index is -0.0961. The minimum absolute atomic E-state index is 0.0884. The van der Waals surface area contributed by atoms with Crippen molar-refractivity contribution in [3.8, 4) is 11.8 Å². The van der Waals surface area contributed by atoms with E-state index in [1.54, 1.807) is 0 Å². The first-order valence-corrected chi connectivity index (χ1v) is 18.6. The van der Waals surface area contributed by atoms with Gasteiger partial charge in [-0.25, -0.2) is 0 Å². The lowest BCUT2D eigenvalue weighted by atomic mass is 10.0. The molecule has 0 spiro atoms. The molecule has 3 saturated heterocycles. The molecule has 0 aliphatic carbocycles. The summed E-state index contributed by atoms with van der Waals surface area (Å²) in [6.07, 6.45) is 29.8. The van der Waals surface area contributed by atoms with Gasteiger partial charge in [0.15, 0.2) is 0 Å². The van der Waals surface area contributed by atoms with Crippen LogP contribution in [0.1, 0.15) is 168 Å². The van der Waals surface area contributed by atoms with Crippen molar-refractivity contribution < 1.29 is 33.3 Å². The van der Waals surface area contributed by atoms with Gasteiger partial charge in [-0.1, -0.05) is 97.3 Å². The lowest BCUT2D eigenvalue weighted by molar-refractivity contribution is -0.141. The Morgan fingerprint density at radius 1 is 0.511 bits per heavy atom. The summed E-state index contributed by atoms with van der Waals surface area (Å²) >= 11 is 0. The largest absolute Gasteiger partial charge is 0.469 e. The SMILES string of the molecule is CCCCCC1OC1CC#CCCCCCCCC(=O)OC.CCCCCC1OC1CC1OC1CCCCCCCC(=O)OC. The number of unbranched alkanes of at least 4 members (excludes halogenated alkanes) is 13. The van der Waals surface area contributed by atoms with E-state index in [0.29, 0.717) is 49.5 Å². The van der Waals surface area contributed by atoms with E-state index in [4.69, 9.17) is 14.2 Å². The number of esters is 2. The van der Waals surface area contributed by atoms with Crippen LogP contribution < -0.4 is 0 Å². The maximum atomic E-state index is 11.0. The van der Waals surface area contributed by atoms with E-state index in [1.807, 2.05) is 0 Å². The van der Waals surface area contributed by atoms with Gasteiger partial charge in [-0.15, -0.1) is 11.8 Å².